The minimum atomic E-state index is 0.0778. The molecule has 1 aliphatic rings. The van der Waals surface area contributed by atoms with Crippen molar-refractivity contribution in [1.29, 1.82) is 5.26 Å². The van der Waals surface area contributed by atoms with Gasteiger partial charge in [-0.25, -0.2) is 0 Å². The van der Waals surface area contributed by atoms with Crippen LogP contribution in [-0.2, 0) is 13.5 Å². The van der Waals surface area contributed by atoms with Crippen molar-refractivity contribution < 1.29 is 4.74 Å². The monoisotopic (exact) mass is 282 g/mol. The Morgan fingerprint density at radius 2 is 2.24 bits per heavy atom. The molecule has 3 rings (SSSR count). The molecular formula is C16H18N4O. The minimum Gasteiger partial charge on any atom is -0.479 e. The Kier molecular flexibility index (Phi) is 3.78. The van der Waals surface area contributed by atoms with Gasteiger partial charge >= 0.3 is 0 Å². The maximum Gasteiger partial charge on any atom is 0.174 e. The van der Waals surface area contributed by atoms with Gasteiger partial charge in [0.15, 0.2) is 6.61 Å². The molecule has 0 fully saturated rings. The molecule has 2 aromatic rings. The molecule has 1 N–H and O–H groups in total. The van der Waals surface area contributed by atoms with Crippen LogP contribution < -0.4 is 10.1 Å². The van der Waals surface area contributed by atoms with Crippen LogP contribution in [0.3, 0.4) is 0 Å². The minimum absolute atomic E-state index is 0.0778. The summed E-state index contributed by atoms with van der Waals surface area (Å²) >= 11 is 0. The molecule has 0 amide bonds. The van der Waals surface area contributed by atoms with Crippen molar-refractivity contribution in [2.45, 2.75) is 25.3 Å². The number of hydrogen-bond donors (Lipinski definition) is 1. The van der Waals surface area contributed by atoms with Gasteiger partial charge in [0.1, 0.15) is 11.8 Å². The number of fused-ring (bicyclic) bond motifs is 1. The number of hydrogen-bond acceptors (Lipinski definition) is 4. The Morgan fingerprint density at radius 1 is 1.43 bits per heavy atom. The zero-order valence-electron chi connectivity index (χ0n) is 12.0. The third kappa shape index (κ3) is 2.84. The molecule has 0 aliphatic heterocycles. The molecule has 1 heterocycles. The van der Waals surface area contributed by atoms with Crippen molar-refractivity contribution in [2.24, 2.45) is 7.05 Å². The van der Waals surface area contributed by atoms with Gasteiger partial charge in [-0.15, -0.1) is 0 Å². The lowest BCUT2D eigenvalue weighted by atomic mass is 9.93. The smallest absolute Gasteiger partial charge is 0.174 e. The van der Waals surface area contributed by atoms with Gasteiger partial charge in [-0.05, 0) is 43.5 Å². The second kappa shape index (κ2) is 5.88. The third-order valence-electron chi connectivity index (χ3n) is 3.87. The Hall–Kier alpha value is -2.48. The van der Waals surface area contributed by atoms with Crippen molar-refractivity contribution in [3.63, 3.8) is 0 Å². The predicted octanol–water partition coefficient (Wildman–Crippen LogP) is 2.81. The summed E-state index contributed by atoms with van der Waals surface area (Å²) in [6.45, 7) is 0.0778. The molecule has 108 valence electrons. The molecule has 0 bridgehead atoms. The first kappa shape index (κ1) is 13.5. The molecular weight excluding hydrogens is 264 g/mol. The molecule has 5 nitrogen and oxygen atoms in total. The molecule has 21 heavy (non-hydrogen) atoms. The second-order valence-electron chi connectivity index (χ2n) is 5.23. The van der Waals surface area contributed by atoms with Gasteiger partial charge in [-0.3, -0.25) is 4.68 Å². The van der Waals surface area contributed by atoms with E-state index in [4.69, 9.17) is 10.00 Å². The lowest BCUT2D eigenvalue weighted by Gasteiger charge is -2.24. The molecule has 1 aromatic carbocycles. The summed E-state index contributed by atoms with van der Waals surface area (Å²) in [5.41, 5.74) is 3.68. The highest BCUT2D eigenvalue weighted by atomic mass is 16.5. The number of ether oxygens (including phenoxy) is 1. The molecule has 1 atom stereocenters. The van der Waals surface area contributed by atoms with Gasteiger partial charge in [-0.2, -0.15) is 10.4 Å². The lowest BCUT2D eigenvalue weighted by molar-refractivity contribution is 0.368. The van der Waals surface area contributed by atoms with E-state index in [0.29, 0.717) is 11.8 Å². The van der Waals surface area contributed by atoms with Gasteiger partial charge in [0, 0.05) is 24.0 Å². The summed E-state index contributed by atoms with van der Waals surface area (Å²) in [4.78, 5) is 0. The molecule has 0 radical (unpaired) electrons. The Morgan fingerprint density at radius 3 is 3.00 bits per heavy atom. The first-order chi connectivity index (χ1) is 10.3. The van der Waals surface area contributed by atoms with Crippen LogP contribution in [0.4, 0.5) is 5.69 Å². The van der Waals surface area contributed by atoms with Gasteiger partial charge in [-0.1, -0.05) is 0 Å². The number of nitriles is 1. The van der Waals surface area contributed by atoms with Gasteiger partial charge in [0.2, 0.25) is 0 Å². The summed E-state index contributed by atoms with van der Waals surface area (Å²) in [5.74, 6) is 0.716. The number of anilines is 1. The first-order valence-corrected chi connectivity index (χ1v) is 7.15. The summed E-state index contributed by atoms with van der Waals surface area (Å²) in [6.07, 6.45) is 5.36. The molecule has 5 heteroatoms. The fourth-order valence-corrected chi connectivity index (χ4v) is 2.82. The van der Waals surface area contributed by atoms with Gasteiger partial charge in [0.25, 0.3) is 0 Å². The molecule has 0 saturated carbocycles. The van der Waals surface area contributed by atoms with E-state index in [9.17, 15) is 0 Å². The van der Waals surface area contributed by atoms with E-state index >= 15 is 0 Å². The number of rotatable bonds is 4. The quantitative estimate of drug-likeness (QED) is 0.936. The summed E-state index contributed by atoms with van der Waals surface area (Å²) in [6, 6.07) is 10.0. The zero-order valence-corrected chi connectivity index (χ0v) is 12.0. The molecule has 1 unspecified atom stereocenters. The highest BCUT2D eigenvalue weighted by Gasteiger charge is 2.23. The second-order valence-corrected chi connectivity index (χ2v) is 5.23. The lowest BCUT2D eigenvalue weighted by Crippen LogP contribution is -2.17. The van der Waals surface area contributed by atoms with Crippen molar-refractivity contribution in [3.8, 4) is 11.8 Å². The van der Waals surface area contributed by atoms with E-state index in [-0.39, 0.29) is 6.61 Å². The SMILES string of the molecule is Cn1ncc2c1CCCC2Nc1ccc(OCC#N)cc1. The zero-order chi connectivity index (χ0) is 14.7. The van der Waals surface area contributed by atoms with Crippen molar-refractivity contribution in [1.82, 2.24) is 9.78 Å². The van der Waals surface area contributed by atoms with E-state index in [1.807, 2.05) is 48.3 Å². The fourth-order valence-electron chi connectivity index (χ4n) is 2.82. The van der Waals surface area contributed by atoms with E-state index in [1.54, 1.807) is 0 Å². The van der Waals surface area contributed by atoms with Crippen LogP contribution >= 0.6 is 0 Å². The Bertz CT molecular complexity index is 654. The number of benzene rings is 1. The molecule has 0 saturated heterocycles. The third-order valence-corrected chi connectivity index (χ3v) is 3.87. The number of aromatic nitrogens is 2. The van der Waals surface area contributed by atoms with Crippen LogP contribution in [0.5, 0.6) is 5.75 Å². The van der Waals surface area contributed by atoms with E-state index in [1.165, 1.54) is 17.7 Å². The van der Waals surface area contributed by atoms with Crippen LogP contribution in [0.2, 0.25) is 0 Å². The molecule has 1 aliphatic carbocycles. The van der Waals surface area contributed by atoms with Crippen molar-refractivity contribution in [3.05, 3.63) is 41.7 Å². The number of aryl methyl sites for hydroxylation is 1. The van der Waals surface area contributed by atoms with E-state index in [0.717, 1.165) is 18.5 Å². The average molecular weight is 282 g/mol. The van der Waals surface area contributed by atoms with E-state index < -0.39 is 0 Å². The highest BCUT2D eigenvalue weighted by molar-refractivity contribution is 5.49. The van der Waals surface area contributed by atoms with Crippen LogP contribution in [0.25, 0.3) is 0 Å². The standard InChI is InChI=1S/C16H18N4O/c1-20-16-4-2-3-15(14(16)11-18-20)19-12-5-7-13(8-6-12)21-10-9-17/h5-8,11,15,19H,2-4,10H2,1H3. The summed E-state index contributed by atoms with van der Waals surface area (Å²) in [5, 5.41) is 16.4. The summed E-state index contributed by atoms with van der Waals surface area (Å²) in [7, 11) is 2.00. The topological polar surface area (TPSA) is 62.9 Å². The normalized spacial score (nSPS) is 16.9. The van der Waals surface area contributed by atoms with Gasteiger partial charge in [0.05, 0.1) is 12.2 Å². The van der Waals surface area contributed by atoms with E-state index in [2.05, 4.69) is 10.4 Å². The first-order valence-electron chi connectivity index (χ1n) is 7.15. The van der Waals surface area contributed by atoms with Crippen LogP contribution in [0.1, 0.15) is 30.1 Å². The van der Waals surface area contributed by atoms with Crippen LogP contribution in [-0.4, -0.2) is 16.4 Å². The largest absolute Gasteiger partial charge is 0.479 e. The highest BCUT2D eigenvalue weighted by Crippen LogP contribution is 2.32. The maximum atomic E-state index is 8.50. The fraction of sp³-hybridized carbons (Fsp3) is 0.375. The van der Waals surface area contributed by atoms with Crippen LogP contribution in [0.15, 0.2) is 30.5 Å². The average Bonchev–Trinajstić information content (AvgIpc) is 2.89. The van der Waals surface area contributed by atoms with Crippen LogP contribution in [0, 0.1) is 11.3 Å². The van der Waals surface area contributed by atoms with Crippen molar-refractivity contribution >= 4 is 5.69 Å². The number of nitrogens with one attached hydrogen (secondary N) is 1. The Labute approximate surface area is 124 Å². The summed E-state index contributed by atoms with van der Waals surface area (Å²) < 4.78 is 7.23. The maximum absolute atomic E-state index is 8.50. The van der Waals surface area contributed by atoms with Crippen molar-refractivity contribution in [2.75, 3.05) is 11.9 Å². The van der Waals surface area contributed by atoms with Gasteiger partial charge < -0.3 is 10.1 Å². The molecule has 1 aromatic heterocycles. The predicted molar refractivity (Wildman–Crippen MR) is 80.1 cm³/mol. The number of nitrogens with zero attached hydrogens (tertiary/aromatic N) is 3. The Balaban J connectivity index is 1.71. The molecule has 0 spiro atoms.